The van der Waals surface area contributed by atoms with E-state index in [4.69, 9.17) is 4.74 Å². The second-order valence-corrected chi connectivity index (χ2v) is 3.54. The molecule has 86 valence electrons. The third-order valence-electron chi connectivity index (χ3n) is 2.17. The molecule has 0 spiro atoms. The Morgan fingerprint density at radius 2 is 2.12 bits per heavy atom. The summed E-state index contributed by atoms with van der Waals surface area (Å²) in [5.41, 5.74) is 1.99. The zero-order chi connectivity index (χ0) is 12.0. The molecule has 1 aromatic carbocycles. The maximum atomic E-state index is 10.3. The Kier molecular flexibility index (Phi) is 4.58. The number of rotatable bonds is 5. The van der Waals surface area contributed by atoms with Crippen LogP contribution in [0.5, 0.6) is 5.75 Å². The van der Waals surface area contributed by atoms with E-state index in [1.54, 1.807) is 6.08 Å². The van der Waals surface area contributed by atoms with Gasteiger partial charge in [-0.25, -0.2) is 0 Å². The molecule has 3 nitrogen and oxygen atoms in total. The normalized spacial score (nSPS) is 10.4. The highest BCUT2D eigenvalue weighted by molar-refractivity contribution is 5.76. The fourth-order valence-corrected chi connectivity index (χ4v) is 1.36. The van der Waals surface area contributed by atoms with Crippen molar-refractivity contribution in [1.29, 1.82) is 0 Å². The fourth-order valence-electron chi connectivity index (χ4n) is 1.36. The molecule has 1 rings (SSSR count). The predicted octanol–water partition coefficient (Wildman–Crippen LogP) is 2.36. The lowest BCUT2D eigenvalue weighted by Gasteiger charge is -2.15. The molecule has 0 fully saturated rings. The lowest BCUT2D eigenvalue weighted by Crippen LogP contribution is -2.09. The Morgan fingerprint density at radius 1 is 1.38 bits per heavy atom. The molecular formula is C13H17NO2. The zero-order valence-corrected chi connectivity index (χ0v) is 9.93. The molecule has 0 amide bonds. The maximum Gasteiger partial charge on any atom is 0.142 e. The molecule has 3 heteroatoms. The van der Waals surface area contributed by atoms with E-state index in [0.29, 0.717) is 6.61 Å². The first-order valence-corrected chi connectivity index (χ1v) is 5.25. The molecule has 0 unspecified atom stereocenters. The predicted molar refractivity (Wildman–Crippen MR) is 67.0 cm³/mol. The first-order chi connectivity index (χ1) is 7.69. The van der Waals surface area contributed by atoms with E-state index in [-0.39, 0.29) is 0 Å². The molecule has 0 atom stereocenters. The Hall–Kier alpha value is -1.77. The summed E-state index contributed by atoms with van der Waals surface area (Å²) in [6, 6.07) is 5.90. The summed E-state index contributed by atoms with van der Waals surface area (Å²) in [6.45, 7) is 2.55. The van der Waals surface area contributed by atoms with Crippen LogP contribution in [0, 0.1) is 0 Å². The van der Waals surface area contributed by atoms with Gasteiger partial charge in [0.15, 0.2) is 0 Å². The highest BCUT2D eigenvalue weighted by atomic mass is 16.5. The van der Waals surface area contributed by atoms with Crippen LogP contribution in [0.4, 0.5) is 5.69 Å². The van der Waals surface area contributed by atoms with E-state index >= 15 is 0 Å². The number of anilines is 1. The number of allylic oxidation sites excluding steroid dienone is 1. The van der Waals surface area contributed by atoms with Gasteiger partial charge in [-0.05, 0) is 31.2 Å². The molecule has 0 radical (unpaired) electrons. The Balaban J connectivity index is 3.08. The quantitative estimate of drug-likeness (QED) is 0.562. The van der Waals surface area contributed by atoms with E-state index in [2.05, 4.69) is 0 Å². The van der Waals surface area contributed by atoms with Crippen molar-refractivity contribution < 1.29 is 9.53 Å². The molecule has 0 saturated heterocycles. The molecule has 0 bridgehead atoms. The summed E-state index contributed by atoms with van der Waals surface area (Å²) in [7, 11) is 3.96. The molecule has 1 aromatic rings. The van der Waals surface area contributed by atoms with Gasteiger partial charge < -0.3 is 9.64 Å². The van der Waals surface area contributed by atoms with Crippen LogP contribution >= 0.6 is 0 Å². The van der Waals surface area contributed by atoms with E-state index in [9.17, 15) is 4.79 Å². The summed E-state index contributed by atoms with van der Waals surface area (Å²) < 4.78 is 5.53. The van der Waals surface area contributed by atoms with Gasteiger partial charge in [-0.15, -0.1) is 0 Å². The Bertz CT molecular complexity index is 384. The molecule has 0 saturated carbocycles. The smallest absolute Gasteiger partial charge is 0.142 e. The van der Waals surface area contributed by atoms with Crippen molar-refractivity contribution in [3.63, 3.8) is 0 Å². The number of hydrogen-bond donors (Lipinski definition) is 0. The van der Waals surface area contributed by atoms with E-state index < -0.39 is 0 Å². The van der Waals surface area contributed by atoms with Gasteiger partial charge in [0.2, 0.25) is 0 Å². The van der Waals surface area contributed by atoms with Gasteiger partial charge in [0.25, 0.3) is 0 Å². The fraction of sp³-hybridized carbons (Fsp3) is 0.308. The molecule has 0 aliphatic carbocycles. The number of aldehydes is 1. The van der Waals surface area contributed by atoms with E-state index in [0.717, 1.165) is 23.3 Å². The SMILES string of the molecule is CCOc1cc(N(C)C)ccc1/C=C/C=O. The number of carbonyl (C=O) groups is 1. The second-order valence-electron chi connectivity index (χ2n) is 3.54. The lowest BCUT2D eigenvalue weighted by atomic mass is 10.1. The average Bonchev–Trinajstić information content (AvgIpc) is 2.27. The van der Waals surface area contributed by atoms with Crippen molar-refractivity contribution in [2.45, 2.75) is 6.92 Å². The lowest BCUT2D eigenvalue weighted by molar-refractivity contribution is -0.104. The molecule has 0 aliphatic heterocycles. The van der Waals surface area contributed by atoms with Gasteiger partial charge in [0.1, 0.15) is 12.0 Å². The van der Waals surface area contributed by atoms with Crippen molar-refractivity contribution in [2.24, 2.45) is 0 Å². The van der Waals surface area contributed by atoms with Crippen LogP contribution in [-0.2, 0) is 4.79 Å². The first-order valence-electron chi connectivity index (χ1n) is 5.25. The average molecular weight is 219 g/mol. The summed E-state index contributed by atoms with van der Waals surface area (Å²) in [5, 5.41) is 0. The van der Waals surface area contributed by atoms with Crippen LogP contribution in [-0.4, -0.2) is 27.0 Å². The standard InChI is InChI=1S/C13H17NO2/c1-4-16-13-10-12(14(2)3)8-7-11(13)6-5-9-15/h5-10H,4H2,1-3H3/b6-5+. The van der Waals surface area contributed by atoms with Crippen LogP contribution in [0.2, 0.25) is 0 Å². The van der Waals surface area contributed by atoms with Gasteiger partial charge in [-0.1, -0.05) is 0 Å². The molecule has 0 aromatic heterocycles. The Morgan fingerprint density at radius 3 is 2.69 bits per heavy atom. The van der Waals surface area contributed by atoms with Crippen molar-refractivity contribution in [1.82, 2.24) is 0 Å². The molecule has 0 aliphatic rings. The summed E-state index contributed by atoms with van der Waals surface area (Å²) in [4.78, 5) is 12.3. The van der Waals surface area contributed by atoms with Crippen molar-refractivity contribution in [3.05, 3.63) is 29.8 Å². The summed E-state index contributed by atoms with van der Waals surface area (Å²) in [6.07, 6.45) is 3.97. The minimum Gasteiger partial charge on any atom is -0.493 e. The van der Waals surface area contributed by atoms with Gasteiger partial charge in [0, 0.05) is 31.4 Å². The monoisotopic (exact) mass is 219 g/mol. The summed E-state index contributed by atoms with van der Waals surface area (Å²) in [5.74, 6) is 0.798. The molecule has 0 N–H and O–H groups in total. The minimum absolute atomic E-state index is 0.610. The number of carbonyl (C=O) groups excluding carboxylic acids is 1. The van der Waals surface area contributed by atoms with Crippen LogP contribution < -0.4 is 9.64 Å². The molecule has 0 heterocycles. The van der Waals surface area contributed by atoms with Crippen LogP contribution in [0.1, 0.15) is 12.5 Å². The molecular weight excluding hydrogens is 202 g/mol. The number of benzene rings is 1. The highest BCUT2D eigenvalue weighted by Gasteiger charge is 2.03. The van der Waals surface area contributed by atoms with Gasteiger partial charge in [0.05, 0.1) is 6.61 Å². The van der Waals surface area contributed by atoms with E-state index in [1.807, 2.05) is 44.1 Å². The van der Waals surface area contributed by atoms with Gasteiger partial charge in [-0.2, -0.15) is 0 Å². The van der Waals surface area contributed by atoms with Crippen molar-refractivity contribution in [3.8, 4) is 5.75 Å². The third-order valence-corrected chi connectivity index (χ3v) is 2.17. The van der Waals surface area contributed by atoms with Crippen molar-refractivity contribution in [2.75, 3.05) is 25.6 Å². The Labute approximate surface area is 96.3 Å². The minimum atomic E-state index is 0.610. The van der Waals surface area contributed by atoms with Crippen molar-refractivity contribution >= 4 is 18.0 Å². The first kappa shape index (κ1) is 12.3. The number of ether oxygens (including phenoxy) is 1. The van der Waals surface area contributed by atoms with Crippen LogP contribution in [0.25, 0.3) is 6.08 Å². The zero-order valence-electron chi connectivity index (χ0n) is 9.93. The van der Waals surface area contributed by atoms with Gasteiger partial charge in [-0.3, -0.25) is 4.79 Å². The largest absolute Gasteiger partial charge is 0.493 e. The van der Waals surface area contributed by atoms with Gasteiger partial charge >= 0.3 is 0 Å². The second kappa shape index (κ2) is 5.95. The van der Waals surface area contributed by atoms with Crippen LogP contribution in [0.15, 0.2) is 24.3 Å². The third kappa shape index (κ3) is 3.12. The number of nitrogens with zero attached hydrogens (tertiary/aromatic N) is 1. The molecule has 16 heavy (non-hydrogen) atoms. The highest BCUT2D eigenvalue weighted by Crippen LogP contribution is 2.25. The maximum absolute atomic E-state index is 10.3. The topological polar surface area (TPSA) is 29.5 Å². The number of hydrogen-bond acceptors (Lipinski definition) is 3. The van der Waals surface area contributed by atoms with Crippen LogP contribution in [0.3, 0.4) is 0 Å². The summed E-state index contributed by atoms with van der Waals surface area (Å²) >= 11 is 0. The van der Waals surface area contributed by atoms with E-state index in [1.165, 1.54) is 6.08 Å².